The quantitative estimate of drug-likeness (QED) is 0.479. The van der Waals surface area contributed by atoms with Crippen LogP contribution in [0.1, 0.15) is 51.9 Å². The summed E-state index contributed by atoms with van der Waals surface area (Å²) in [5.41, 5.74) is 5.60. The van der Waals surface area contributed by atoms with Crippen LogP contribution in [0.3, 0.4) is 0 Å². The van der Waals surface area contributed by atoms with Gasteiger partial charge in [-0.15, -0.1) is 0 Å². The molecule has 0 aromatic carbocycles. The number of rotatable bonds is 10. The van der Waals surface area contributed by atoms with E-state index in [-0.39, 0.29) is 0 Å². The maximum Gasteiger partial charge on any atom is 0.102 e. The highest BCUT2D eigenvalue weighted by atomic mass is 15.3. The van der Waals surface area contributed by atoms with Gasteiger partial charge in [0, 0.05) is 25.8 Å². The van der Waals surface area contributed by atoms with Crippen molar-refractivity contribution in [3.63, 3.8) is 0 Å². The third-order valence-corrected chi connectivity index (χ3v) is 3.41. The molecule has 0 fully saturated rings. The summed E-state index contributed by atoms with van der Waals surface area (Å²) in [7, 11) is 0. The van der Waals surface area contributed by atoms with E-state index in [1.54, 1.807) is 0 Å². The molecular weight excluding hydrogens is 222 g/mol. The van der Waals surface area contributed by atoms with Crippen LogP contribution in [0.15, 0.2) is 17.1 Å². The van der Waals surface area contributed by atoms with Crippen molar-refractivity contribution < 1.29 is 0 Å². The number of aliphatic imine (C=N–C) groups is 1. The molecule has 1 aliphatic heterocycles. The van der Waals surface area contributed by atoms with Gasteiger partial charge < -0.3 is 5.73 Å². The molecule has 0 aromatic rings. The number of unbranched alkanes of at least 4 members (excludes halogenated alkanes) is 4. The standard InChI is InChI=1S/C15H29N3/c1-2-3-4-5-6-7-8-9-10-15-17-12-14-18(15)13-11-16/h6-7,12,15H,2-5,8-11,13-14,16H2,1H3/b7-6+. The van der Waals surface area contributed by atoms with Crippen LogP contribution in [0, 0.1) is 0 Å². The van der Waals surface area contributed by atoms with Crippen molar-refractivity contribution in [1.82, 2.24) is 4.90 Å². The molecule has 0 saturated heterocycles. The van der Waals surface area contributed by atoms with Crippen LogP contribution in [0.4, 0.5) is 0 Å². The summed E-state index contributed by atoms with van der Waals surface area (Å²) in [5.74, 6) is 0. The van der Waals surface area contributed by atoms with Crippen LogP contribution in [-0.4, -0.2) is 36.9 Å². The van der Waals surface area contributed by atoms with E-state index in [4.69, 9.17) is 5.73 Å². The molecule has 0 aliphatic carbocycles. The molecule has 18 heavy (non-hydrogen) atoms. The zero-order chi connectivity index (χ0) is 13.1. The second-order valence-corrected chi connectivity index (χ2v) is 4.99. The second-order valence-electron chi connectivity index (χ2n) is 4.99. The smallest absolute Gasteiger partial charge is 0.102 e. The SMILES string of the molecule is CCCCC/C=C/CCCC1N=CCN1CCN. The minimum atomic E-state index is 0.391. The molecule has 104 valence electrons. The Labute approximate surface area is 112 Å². The fourth-order valence-electron chi connectivity index (χ4n) is 2.32. The van der Waals surface area contributed by atoms with Crippen LogP contribution in [0.5, 0.6) is 0 Å². The lowest BCUT2D eigenvalue weighted by Crippen LogP contribution is -2.34. The summed E-state index contributed by atoms with van der Waals surface area (Å²) in [6.45, 7) is 4.93. The summed E-state index contributed by atoms with van der Waals surface area (Å²) in [4.78, 5) is 6.88. The van der Waals surface area contributed by atoms with Crippen molar-refractivity contribution in [2.24, 2.45) is 10.7 Å². The third-order valence-electron chi connectivity index (χ3n) is 3.41. The van der Waals surface area contributed by atoms with Crippen molar-refractivity contribution in [2.75, 3.05) is 19.6 Å². The van der Waals surface area contributed by atoms with Crippen molar-refractivity contribution in [2.45, 2.75) is 58.0 Å². The molecule has 1 rings (SSSR count). The van der Waals surface area contributed by atoms with Crippen molar-refractivity contribution in [1.29, 1.82) is 0 Å². The van der Waals surface area contributed by atoms with Gasteiger partial charge >= 0.3 is 0 Å². The Morgan fingerprint density at radius 3 is 2.78 bits per heavy atom. The van der Waals surface area contributed by atoms with Gasteiger partial charge in [0.15, 0.2) is 0 Å². The van der Waals surface area contributed by atoms with Crippen LogP contribution in [0.25, 0.3) is 0 Å². The van der Waals surface area contributed by atoms with Gasteiger partial charge in [-0.25, -0.2) is 0 Å². The summed E-state index contributed by atoms with van der Waals surface area (Å²) in [6.07, 6.45) is 15.9. The molecule has 0 bridgehead atoms. The lowest BCUT2D eigenvalue weighted by molar-refractivity contribution is 0.243. The first-order valence-electron chi connectivity index (χ1n) is 7.49. The molecule has 3 heteroatoms. The molecule has 0 radical (unpaired) electrons. The first-order valence-corrected chi connectivity index (χ1v) is 7.49. The van der Waals surface area contributed by atoms with E-state index < -0.39 is 0 Å². The van der Waals surface area contributed by atoms with Gasteiger partial charge in [0.1, 0.15) is 6.17 Å². The highest BCUT2D eigenvalue weighted by Gasteiger charge is 2.18. The third kappa shape index (κ3) is 6.31. The monoisotopic (exact) mass is 251 g/mol. The number of allylic oxidation sites excluding steroid dienone is 2. The molecule has 1 aliphatic rings. The van der Waals surface area contributed by atoms with E-state index in [0.717, 1.165) is 26.1 Å². The van der Waals surface area contributed by atoms with Gasteiger partial charge in [-0.1, -0.05) is 31.9 Å². The summed E-state index contributed by atoms with van der Waals surface area (Å²) >= 11 is 0. The molecule has 0 aromatic heterocycles. The predicted molar refractivity (Wildman–Crippen MR) is 80.0 cm³/mol. The number of nitrogens with zero attached hydrogens (tertiary/aromatic N) is 2. The minimum Gasteiger partial charge on any atom is -0.329 e. The number of hydrogen-bond donors (Lipinski definition) is 1. The molecule has 1 heterocycles. The molecule has 0 spiro atoms. The Kier molecular flexibility index (Phi) is 8.78. The molecule has 1 unspecified atom stereocenters. The van der Waals surface area contributed by atoms with E-state index in [1.807, 2.05) is 6.21 Å². The van der Waals surface area contributed by atoms with Gasteiger partial charge in [-0.3, -0.25) is 9.89 Å². The fourth-order valence-corrected chi connectivity index (χ4v) is 2.32. The van der Waals surface area contributed by atoms with Crippen molar-refractivity contribution >= 4 is 6.21 Å². The average molecular weight is 251 g/mol. The number of nitrogens with two attached hydrogens (primary N) is 1. The Balaban J connectivity index is 2.01. The molecule has 0 amide bonds. The van der Waals surface area contributed by atoms with E-state index in [1.165, 1.54) is 38.5 Å². The largest absolute Gasteiger partial charge is 0.329 e. The Morgan fingerprint density at radius 1 is 1.28 bits per heavy atom. The maximum absolute atomic E-state index is 5.60. The topological polar surface area (TPSA) is 41.6 Å². The van der Waals surface area contributed by atoms with Gasteiger partial charge in [-0.2, -0.15) is 0 Å². The molecule has 0 saturated carbocycles. The van der Waals surface area contributed by atoms with Crippen LogP contribution < -0.4 is 5.73 Å². The van der Waals surface area contributed by atoms with Gasteiger partial charge in [0.25, 0.3) is 0 Å². The zero-order valence-corrected chi connectivity index (χ0v) is 11.9. The first kappa shape index (κ1) is 15.4. The van der Waals surface area contributed by atoms with Crippen LogP contribution >= 0.6 is 0 Å². The highest BCUT2D eigenvalue weighted by Crippen LogP contribution is 2.13. The second kappa shape index (κ2) is 10.3. The van der Waals surface area contributed by atoms with Crippen molar-refractivity contribution in [3.05, 3.63) is 12.2 Å². The average Bonchev–Trinajstić information content (AvgIpc) is 2.81. The molecule has 1 atom stereocenters. The van der Waals surface area contributed by atoms with Crippen LogP contribution in [0.2, 0.25) is 0 Å². The predicted octanol–water partition coefficient (Wildman–Crippen LogP) is 2.96. The maximum atomic E-state index is 5.60. The molecular formula is C15H29N3. The highest BCUT2D eigenvalue weighted by molar-refractivity contribution is 5.62. The van der Waals surface area contributed by atoms with Gasteiger partial charge in [0.2, 0.25) is 0 Å². The fraction of sp³-hybridized carbons (Fsp3) is 0.800. The van der Waals surface area contributed by atoms with E-state index in [2.05, 4.69) is 29.0 Å². The van der Waals surface area contributed by atoms with Gasteiger partial charge in [0.05, 0.1) is 0 Å². The van der Waals surface area contributed by atoms with Crippen LogP contribution in [-0.2, 0) is 0 Å². The Bertz CT molecular complexity index is 248. The first-order chi connectivity index (χ1) is 8.88. The normalized spacial score (nSPS) is 20.2. The molecule has 3 nitrogen and oxygen atoms in total. The van der Waals surface area contributed by atoms with Crippen molar-refractivity contribution in [3.8, 4) is 0 Å². The van der Waals surface area contributed by atoms with E-state index in [0.29, 0.717) is 6.17 Å². The Morgan fingerprint density at radius 2 is 2.06 bits per heavy atom. The number of hydrogen-bond acceptors (Lipinski definition) is 3. The lowest BCUT2D eigenvalue weighted by atomic mass is 10.1. The Hall–Kier alpha value is -0.670. The molecule has 2 N–H and O–H groups in total. The summed E-state index contributed by atoms with van der Waals surface area (Å²) in [6, 6.07) is 0. The lowest BCUT2D eigenvalue weighted by Gasteiger charge is -2.21. The van der Waals surface area contributed by atoms with Gasteiger partial charge in [-0.05, 0) is 32.1 Å². The minimum absolute atomic E-state index is 0.391. The summed E-state index contributed by atoms with van der Waals surface area (Å²) in [5, 5.41) is 0. The van der Waals surface area contributed by atoms with E-state index in [9.17, 15) is 0 Å². The summed E-state index contributed by atoms with van der Waals surface area (Å²) < 4.78 is 0. The zero-order valence-electron chi connectivity index (χ0n) is 11.9. The van der Waals surface area contributed by atoms with E-state index >= 15 is 0 Å².